The molecule has 2 amide bonds. The SMILES string of the molecule is Cc1ccc(NC(=O)NCC2NCCCC2(C)C)cc1. The molecule has 0 spiro atoms. The van der Waals surface area contributed by atoms with E-state index in [-0.39, 0.29) is 11.4 Å². The van der Waals surface area contributed by atoms with E-state index in [0.717, 1.165) is 12.2 Å². The predicted octanol–water partition coefficient (Wildman–Crippen LogP) is 2.89. The lowest BCUT2D eigenvalue weighted by atomic mass is 9.77. The lowest BCUT2D eigenvalue weighted by molar-refractivity contribution is 0.177. The molecule has 0 aliphatic carbocycles. The molecule has 20 heavy (non-hydrogen) atoms. The summed E-state index contributed by atoms with van der Waals surface area (Å²) in [5, 5.41) is 9.31. The normalized spacial score (nSPS) is 21.2. The quantitative estimate of drug-likeness (QED) is 0.794. The van der Waals surface area contributed by atoms with Gasteiger partial charge in [-0.2, -0.15) is 0 Å². The fourth-order valence-corrected chi connectivity index (χ4v) is 2.63. The summed E-state index contributed by atoms with van der Waals surface area (Å²) in [6.45, 7) is 8.23. The second-order valence-electron chi connectivity index (χ2n) is 6.30. The highest BCUT2D eigenvalue weighted by molar-refractivity contribution is 5.89. The first-order valence-electron chi connectivity index (χ1n) is 7.32. The van der Waals surface area contributed by atoms with E-state index in [1.807, 2.05) is 31.2 Å². The van der Waals surface area contributed by atoms with Crippen molar-refractivity contribution >= 4 is 11.7 Å². The van der Waals surface area contributed by atoms with Gasteiger partial charge in [-0.15, -0.1) is 0 Å². The maximum absolute atomic E-state index is 11.9. The number of carbonyl (C=O) groups excluding carboxylic acids is 1. The van der Waals surface area contributed by atoms with E-state index in [4.69, 9.17) is 0 Å². The zero-order valence-electron chi connectivity index (χ0n) is 12.6. The molecule has 4 heteroatoms. The van der Waals surface area contributed by atoms with Crippen molar-refractivity contribution in [2.24, 2.45) is 5.41 Å². The van der Waals surface area contributed by atoms with E-state index in [1.165, 1.54) is 18.4 Å². The molecule has 1 atom stereocenters. The summed E-state index contributed by atoms with van der Waals surface area (Å²) >= 11 is 0. The number of hydrogen-bond acceptors (Lipinski definition) is 2. The number of aryl methyl sites for hydroxylation is 1. The van der Waals surface area contributed by atoms with Crippen LogP contribution in [0.25, 0.3) is 0 Å². The highest BCUT2D eigenvalue weighted by Crippen LogP contribution is 2.29. The van der Waals surface area contributed by atoms with Crippen molar-refractivity contribution in [3.63, 3.8) is 0 Å². The monoisotopic (exact) mass is 275 g/mol. The average molecular weight is 275 g/mol. The molecule has 1 aromatic rings. The van der Waals surface area contributed by atoms with Gasteiger partial charge in [0.1, 0.15) is 0 Å². The summed E-state index contributed by atoms with van der Waals surface area (Å²) in [5.74, 6) is 0. The Hall–Kier alpha value is -1.55. The maximum atomic E-state index is 11.9. The molecular formula is C16H25N3O. The summed E-state index contributed by atoms with van der Waals surface area (Å²) in [7, 11) is 0. The molecule has 0 bridgehead atoms. The van der Waals surface area contributed by atoms with Gasteiger partial charge in [0.15, 0.2) is 0 Å². The fourth-order valence-electron chi connectivity index (χ4n) is 2.63. The molecule has 0 aromatic heterocycles. The highest BCUT2D eigenvalue weighted by Gasteiger charge is 2.31. The van der Waals surface area contributed by atoms with E-state index >= 15 is 0 Å². The van der Waals surface area contributed by atoms with E-state index < -0.39 is 0 Å². The van der Waals surface area contributed by atoms with E-state index in [2.05, 4.69) is 29.8 Å². The van der Waals surface area contributed by atoms with Crippen molar-refractivity contribution in [1.82, 2.24) is 10.6 Å². The summed E-state index contributed by atoms with van der Waals surface area (Å²) in [6.07, 6.45) is 2.41. The second kappa shape index (κ2) is 6.27. The van der Waals surface area contributed by atoms with E-state index in [1.54, 1.807) is 0 Å². The van der Waals surface area contributed by atoms with Crippen LogP contribution in [0.5, 0.6) is 0 Å². The summed E-state index contributed by atoms with van der Waals surface area (Å²) < 4.78 is 0. The second-order valence-corrected chi connectivity index (χ2v) is 6.30. The number of amides is 2. The average Bonchev–Trinajstić information content (AvgIpc) is 2.40. The van der Waals surface area contributed by atoms with Gasteiger partial charge in [-0.25, -0.2) is 4.79 Å². The zero-order valence-corrected chi connectivity index (χ0v) is 12.6. The third kappa shape index (κ3) is 3.97. The topological polar surface area (TPSA) is 53.2 Å². The Balaban J connectivity index is 1.81. The number of hydrogen-bond donors (Lipinski definition) is 3. The summed E-state index contributed by atoms with van der Waals surface area (Å²) in [4.78, 5) is 11.9. The van der Waals surface area contributed by atoms with Gasteiger partial charge in [0, 0.05) is 18.3 Å². The van der Waals surface area contributed by atoms with Crippen LogP contribution in [0.3, 0.4) is 0 Å². The minimum absolute atomic E-state index is 0.142. The van der Waals surface area contributed by atoms with Gasteiger partial charge in [0.2, 0.25) is 0 Å². The molecule has 1 aliphatic heterocycles. The van der Waals surface area contributed by atoms with Gasteiger partial charge in [-0.1, -0.05) is 31.5 Å². The van der Waals surface area contributed by atoms with Crippen molar-refractivity contribution in [3.8, 4) is 0 Å². The van der Waals surface area contributed by atoms with Crippen LogP contribution in [0.15, 0.2) is 24.3 Å². The molecule has 1 unspecified atom stereocenters. The van der Waals surface area contributed by atoms with Crippen LogP contribution in [0.1, 0.15) is 32.3 Å². The van der Waals surface area contributed by atoms with Crippen molar-refractivity contribution in [2.45, 2.75) is 39.7 Å². The van der Waals surface area contributed by atoms with Crippen LogP contribution in [-0.4, -0.2) is 25.2 Å². The van der Waals surface area contributed by atoms with Crippen molar-refractivity contribution in [3.05, 3.63) is 29.8 Å². The number of rotatable bonds is 3. The first-order valence-corrected chi connectivity index (χ1v) is 7.32. The highest BCUT2D eigenvalue weighted by atomic mass is 16.2. The van der Waals surface area contributed by atoms with Crippen LogP contribution in [0.2, 0.25) is 0 Å². The van der Waals surface area contributed by atoms with Crippen molar-refractivity contribution in [2.75, 3.05) is 18.4 Å². The number of nitrogens with one attached hydrogen (secondary N) is 3. The molecule has 0 radical (unpaired) electrons. The number of urea groups is 1. The Morgan fingerprint density at radius 3 is 2.70 bits per heavy atom. The molecular weight excluding hydrogens is 250 g/mol. The Bertz CT molecular complexity index is 453. The molecule has 2 rings (SSSR count). The standard InChI is InChI=1S/C16H25N3O/c1-12-5-7-13(8-6-12)19-15(20)18-11-14-16(2,3)9-4-10-17-14/h5-8,14,17H,4,9-11H2,1-3H3,(H2,18,19,20). The van der Waals surface area contributed by atoms with Gasteiger partial charge < -0.3 is 16.0 Å². The first kappa shape index (κ1) is 14.9. The maximum Gasteiger partial charge on any atom is 0.319 e. The van der Waals surface area contributed by atoms with Gasteiger partial charge in [0.25, 0.3) is 0 Å². The number of carbonyl (C=O) groups is 1. The Morgan fingerprint density at radius 2 is 2.05 bits per heavy atom. The molecule has 3 N–H and O–H groups in total. The molecule has 1 aromatic carbocycles. The smallest absolute Gasteiger partial charge is 0.319 e. The molecule has 4 nitrogen and oxygen atoms in total. The summed E-state index contributed by atoms with van der Waals surface area (Å²) in [6, 6.07) is 8.00. The van der Waals surface area contributed by atoms with Crippen LogP contribution in [0.4, 0.5) is 10.5 Å². The van der Waals surface area contributed by atoms with Crippen LogP contribution in [0, 0.1) is 12.3 Å². The predicted molar refractivity (Wildman–Crippen MR) is 83.0 cm³/mol. The third-order valence-electron chi connectivity index (χ3n) is 4.11. The molecule has 1 aliphatic rings. The lowest BCUT2D eigenvalue weighted by Gasteiger charge is -2.39. The van der Waals surface area contributed by atoms with Gasteiger partial charge >= 0.3 is 6.03 Å². The molecule has 110 valence electrons. The van der Waals surface area contributed by atoms with E-state index in [0.29, 0.717) is 12.6 Å². The van der Waals surface area contributed by atoms with Crippen molar-refractivity contribution in [1.29, 1.82) is 0 Å². The molecule has 1 heterocycles. The third-order valence-corrected chi connectivity index (χ3v) is 4.11. The number of piperidine rings is 1. The van der Waals surface area contributed by atoms with Crippen LogP contribution in [-0.2, 0) is 0 Å². The first-order chi connectivity index (χ1) is 9.47. The van der Waals surface area contributed by atoms with Crippen LogP contribution < -0.4 is 16.0 Å². The van der Waals surface area contributed by atoms with Crippen LogP contribution >= 0.6 is 0 Å². The number of anilines is 1. The minimum atomic E-state index is -0.142. The zero-order chi connectivity index (χ0) is 14.6. The fraction of sp³-hybridized carbons (Fsp3) is 0.562. The Labute approximate surface area is 121 Å². The van der Waals surface area contributed by atoms with Crippen molar-refractivity contribution < 1.29 is 4.79 Å². The largest absolute Gasteiger partial charge is 0.336 e. The Kier molecular flexibility index (Phi) is 4.65. The Morgan fingerprint density at radius 1 is 1.35 bits per heavy atom. The molecule has 1 fully saturated rings. The number of benzene rings is 1. The van der Waals surface area contributed by atoms with Gasteiger partial charge in [-0.05, 0) is 43.9 Å². The van der Waals surface area contributed by atoms with Gasteiger partial charge in [-0.3, -0.25) is 0 Å². The summed E-state index contributed by atoms with van der Waals surface area (Å²) in [5.41, 5.74) is 2.24. The minimum Gasteiger partial charge on any atom is -0.336 e. The lowest BCUT2D eigenvalue weighted by Crippen LogP contribution is -2.53. The molecule has 0 saturated carbocycles. The van der Waals surface area contributed by atoms with Gasteiger partial charge in [0.05, 0.1) is 0 Å². The molecule has 1 saturated heterocycles. The van der Waals surface area contributed by atoms with E-state index in [9.17, 15) is 4.79 Å².